The maximum absolute atomic E-state index is 9.92. The molecule has 1 heterocycles. The molecule has 4 atom stereocenters. The Balaban J connectivity index is 1.54. The van der Waals surface area contributed by atoms with Crippen molar-refractivity contribution in [1.29, 1.82) is 0 Å². The van der Waals surface area contributed by atoms with Gasteiger partial charge in [0.2, 0.25) is 0 Å². The van der Waals surface area contributed by atoms with E-state index >= 15 is 0 Å². The molecule has 3 rings (SSSR count). The number of aliphatic hydroxyl groups excluding tert-OH is 1. The monoisotopic (exact) mass is 294 g/mol. The molecule has 122 valence electrons. The van der Waals surface area contributed by atoms with Crippen LogP contribution in [0.25, 0.3) is 0 Å². The Morgan fingerprint density at radius 1 is 1.14 bits per heavy atom. The number of fused-ring (bicyclic) bond motifs is 1. The number of rotatable bonds is 6. The average Bonchev–Trinajstić information content (AvgIpc) is 3.10. The van der Waals surface area contributed by atoms with Crippen LogP contribution < -0.4 is 5.32 Å². The van der Waals surface area contributed by atoms with E-state index in [1.165, 1.54) is 64.5 Å². The lowest BCUT2D eigenvalue weighted by atomic mass is 9.84. The van der Waals surface area contributed by atoms with Crippen molar-refractivity contribution in [3.05, 3.63) is 0 Å². The van der Waals surface area contributed by atoms with Crippen molar-refractivity contribution < 1.29 is 5.11 Å². The van der Waals surface area contributed by atoms with Gasteiger partial charge in [0.15, 0.2) is 0 Å². The molecule has 1 saturated heterocycles. The topological polar surface area (TPSA) is 35.5 Å². The zero-order valence-electron chi connectivity index (χ0n) is 13.8. The predicted octanol–water partition coefficient (Wildman–Crippen LogP) is 2.78. The highest BCUT2D eigenvalue weighted by atomic mass is 16.3. The molecule has 0 radical (unpaired) electrons. The SMILES string of the molecule is CCNC1(CO)CCCC1CCN1CCC2CCCCC21. The molecule has 3 aliphatic rings. The van der Waals surface area contributed by atoms with Crippen LogP contribution in [0, 0.1) is 11.8 Å². The number of hydrogen-bond acceptors (Lipinski definition) is 3. The highest BCUT2D eigenvalue weighted by molar-refractivity contribution is 4.99. The van der Waals surface area contributed by atoms with Crippen LogP contribution in [0.1, 0.15) is 64.7 Å². The molecule has 0 bridgehead atoms. The second-order valence-corrected chi connectivity index (χ2v) is 7.66. The molecular weight excluding hydrogens is 260 g/mol. The Labute approximate surface area is 130 Å². The maximum atomic E-state index is 9.92. The molecule has 21 heavy (non-hydrogen) atoms. The Bertz CT molecular complexity index is 335. The predicted molar refractivity (Wildman–Crippen MR) is 87.4 cm³/mol. The summed E-state index contributed by atoms with van der Waals surface area (Å²) in [4.78, 5) is 2.79. The van der Waals surface area contributed by atoms with Crippen molar-refractivity contribution in [2.24, 2.45) is 11.8 Å². The number of nitrogens with zero attached hydrogens (tertiary/aromatic N) is 1. The fraction of sp³-hybridized carbons (Fsp3) is 1.00. The third kappa shape index (κ3) is 3.16. The molecular formula is C18H34N2O. The summed E-state index contributed by atoms with van der Waals surface area (Å²) < 4.78 is 0. The van der Waals surface area contributed by atoms with Crippen molar-refractivity contribution >= 4 is 0 Å². The third-order valence-corrected chi connectivity index (χ3v) is 6.66. The van der Waals surface area contributed by atoms with Crippen LogP contribution in [-0.4, -0.2) is 47.8 Å². The first-order valence-corrected chi connectivity index (χ1v) is 9.39. The van der Waals surface area contributed by atoms with Gasteiger partial charge in [-0.2, -0.15) is 0 Å². The Morgan fingerprint density at radius 3 is 2.81 bits per heavy atom. The summed E-state index contributed by atoms with van der Waals surface area (Å²) in [6.07, 6.45) is 12.3. The van der Waals surface area contributed by atoms with Gasteiger partial charge in [-0.3, -0.25) is 0 Å². The summed E-state index contributed by atoms with van der Waals surface area (Å²) in [5.74, 6) is 1.67. The highest BCUT2D eigenvalue weighted by Crippen LogP contribution is 2.40. The molecule has 1 aliphatic heterocycles. The smallest absolute Gasteiger partial charge is 0.0616 e. The molecule has 0 aromatic heterocycles. The molecule has 4 unspecified atom stereocenters. The second-order valence-electron chi connectivity index (χ2n) is 7.66. The summed E-state index contributed by atoms with van der Waals surface area (Å²) in [7, 11) is 0. The van der Waals surface area contributed by atoms with Gasteiger partial charge in [0.1, 0.15) is 0 Å². The van der Waals surface area contributed by atoms with Crippen molar-refractivity contribution in [2.45, 2.75) is 76.3 Å². The molecule has 3 fully saturated rings. The van der Waals surface area contributed by atoms with Crippen molar-refractivity contribution in [1.82, 2.24) is 10.2 Å². The first-order chi connectivity index (χ1) is 10.3. The zero-order chi connectivity index (χ0) is 14.7. The van der Waals surface area contributed by atoms with Gasteiger partial charge < -0.3 is 15.3 Å². The first kappa shape index (κ1) is 15.8. The van der Waals surface area contributed by atoms with Crippen molar-refractivity contribution in [2.75, 3.05) is 26.2 Å². The van der Waals surface area contributed by atoms with Gasteiger partial charge in [0.25, 0.3) is 0 Å². The molecule has 2 N–H and O–H groups in total. The fourth-order valence-electron chi connectivity index (χ4n) is 5.52. The molecule has 2 saturated carbocycles. The number of aliphatic hydroxyl groups is 1. The number of nitrogens with one attached hydrogen (secondary N) is 1. The van der Waals surface area contributed by atoms with E-state index in [0.29, 0.717) is 12.5 Å². The lowest BCUT2D eigenvalue weighted by Gasteiger charge is -2.37. The minimum atomic E-state index is 0.0282. The van der Waals surface area contributed by atoms with Gasteiger partial charge in [0, 0.05) is 11.6 Å². The normalized spacial score (nSPS) is 40.6. The zero-order valence-corrected chi connectivity index (χ0v) is 13.8. The number of likely N-dealkylation sites (N-methyl/N-ethyl adjacent to an activating group) is 1. The van der Waals surface area contributed by atoms with Crippen molar-refractivity contribution in [3.8, 4) is 0 Å². The fourth-order valence-corrected chi connectivity index (χ4v) is 5.52. The van der Waals surface area contributed by atoms with E-state index in [9.17, 15) is 5.11 Å². The van der Waals surface area contributed by atoms with E-state index in [1.807, 2.05) is 0 Å². The molecule has 0 aromatic rings. The summed E-state index contributed by atoms with van der Waals surface area (Å²) in [6.45, 7) is 6.05. The average molecular weight is 294 g/mol. The van der Waals surface area contributed by atoms with E-state index in [2.05, 4.69) is 17.1 Å². The summed E-state index contributed by atoms with van der Waals surface area (Å²) >= 11 is 0. The van der Waals surface area contributed by atoms with E-state index in [0.717, 1.165) is 24.9 Å². The van der Waals surface area contributed by atoms with Crippen LogP contribution in [-0.2, 0) is 0 Å². The van der Waals surface area contributed by atoms with Crippen LogP contribution >= 0.6 is 0 Å². The maximum Gasteiger partial charge on any atom is 0.0616 e. The Hall–Kier alpha value is -0.120. The van der Waals surface area contributed by atoms with Crippen LogP contribution in [0.15, 0.2) is 0 Å². The molecule has 2 aliphatic carbocycles. The van der Waals surface area contributed by atoms with E-state index in [-0.39, 0.29) is 5.54 Å². The third-order valence-electron chi connectivity index (χ3n) is 6.66. The molecule has 0 aromatic carbocycles. The van der Waals surface area contributed by atoms with Crippen LogP contribution in [0.5, 0.6) is 0 Å². The van der Waals surface area contributed by atoms with Gasteiger partial charge in [0.05, 0.1) is 6.61 Å². The molecule has 0 amide bonds. The summed E-state index contributed by atoms with van der Waals surface area (Å²) in [6, 6.07) is 0.891. The number of hydrogen-bond donors (Lipinski definition) is 2. The Kier molecular flexibility index (Phi) is 5.23. The van der Waals surface area contributed by atoms with Gasteiger partial charge in [-0.25, -0.2) is 0 Å². The van der Waals surface area contributed by atoms with E-state index in [4.69, 9.17) is 0 Å². The lowest BCUT2D eigenvalue weighted by molar-refractivity contribution is 0.106. The second kappa shape index (κ2) is 6.97. The highest BCUT2D eigenvalue weighted by Gasteiger charge is 2.42. The van der Waals surface area contributed by atoms with Gasteiger partial charge in [-0.15, -0.1) is 0 Å². The largest absolute Gasteiger partial charge is 0.394 e. The summed E-state index contributed by atoms with van der Waals surface area (Å²) in [5.41, 5.74) is 0.0282. The lowest BCUT2D eigenvalue weighted by Crippen LogP contribution is -2.52. The van der Waals surface area contributed by atoms with Crippen molar-refractivity contribution in [3.63, 3.8) is 0 Å². The standard InChI is InChI=1S/C18H34N2O/c1-2-19-18(14-21)11-5-7-16(18)10-13-20-12-9-15-6-3-4-8-17(15)20/h15-17,19,21H,2-14H2,1H3. The van der Waals surface area contributed by atoms with Gasteiger partial charge in [-0.1, -0.05) is 26.2 Å². The Morgan fingerprint density at radius 2 is 2.00 bits per heavy atom. The minimum Gasteiger partial charge on any atom is -0.394 e. The van der Waals surface area contributed by atoms with E-state index < -0.39 is 0 Å². The summed E-state index contributed by atoms with van der Waals surface area (Å²) in [5, 5.41) is 13.5. The minimum absolute atomic E-state index is 0.0282. The van der Waals surface area contributed by atoms with Crippen LogP contribution in [0.2, 0.25) is 0 Å². The first-order valence-electron chi connectivity index (χ1n) is 9.39. The number of likely N-dealkylation sites (tertiary alicyclic amines) is 1. The van der Waals surface area contributed by atoms with Gasteiger partial charge in [-0.05, 0) is 70.0 Å². The molecule has 3 nitrogen and oxygen atoms in total. The van der Waals surface area contributed by atoms with E-state index in [1.54, 1.807) is 0 Å². The van der Waals surface area contributed by atoms with Crippen LogP contribution in [0.3, 0.4) is 0 Å². The van der Waals surface area contributed by atoms with Gasteiger partial charge >= 0.3 is 0 Å². The molecule has 0 spiro atoms. The van der Waals surface area contributed by atoms with Crippen LogP contribution in [0.4, 0.5) is 0 Å². The molecule has 3 heteroatoms. The quantitative estimate of drug-likeness (QED) is 0.791.